The van der Waals surface area contributed by atoms with E-state index >= 15 is 0 Å². The van der Waals surface area contributed by atoms with Gasteiger partial charge >= 0.3 is 37.7 Å². The minimum Gasteiger partial charge on any atom is -0.549 e. The Bertz CT molecular complexity index is 282. The van der Waals surface area contributed by atoms with Gasteiger partial charge in [-0.15, -0.1) is 0 Å². The number of rotatable bonds is 2. The topological polar surface area (TPSA) is 80.3 Å². The average molecular weight is 266 g/mol. The largest absolute Gasteiger partial charge is 2.00 e. The summed E-state index contributed by atoms with van der Waals surface area (Å²) in [7, 11) is 0. The Morgan fingerprint density at radius 2 is 1.41 bits per heavy atom. The van der Waals surface area contributed by atoms with Crippen LogP contribution >= 0.6 is 0 Å². The van der Waals surface area contributed by atoms with Crippen molar-refractivity contribution in [1.29, 1.82) is 0 Å². The molecule has 1 aliphatic carbocycles. The van der Waals surface area contributed by atoms with Crippen LogP contribution in [-0.4, -0.2) is 49.7 Å². The van der Waals surface area contributed by atoms with Gasteiger partial charge in [-0.1, -0.05) is 20.8 Å². The second-order valence-corrected chi connectivity index (χ2v) is 5.80. The molecule has 0 spiro atoms. The molecule has 0 aliphatic heterocycles. The van der Waals surface area contributed by atoms with Crippen LogP contribution in [0.4, 0.5) is 0 Å². The van der Waals surface area contributed by atoms with Gasteiger partial charge < -0.3 is 19.8 Å². The normalized spacial score (nSPS) is 20.4. The van der Waals surface area contributed by atoms with Crippen LogP contribution in [0.5, 0.6) is 0 Å². The number of hydrogen-bond acceptors (Lipinski definition) is 4. The summed E-state index contributed by atoms with van der Waals surface area (Å²) in [6.07, 6.45) is 1.45. The zero-order valence-electron chi connectivity index (χ0n) is 10.7. The maximum absolute atomic E-state index is 10.9. The molecule has 0 bridgehead atoms. The third-order valence-corrected chi connectivity index (χ3v) is 3.85. The molecule has 0 radical (unpaired) electrons. The van der Waals surface area contributed by atoms with Crippen molar-refractivity contribution in [2.24, 2.45) is 16.7 Å². The van der Waals surface area contributed by atoms with Crippen LogP contribution in [0.1, 0.15) is 46.5 Å². The van der Waals surface area contributed by atoms with E-state index in [1.807, 2.05) is 0 Å². The van der Waals surface area contributed by atoms with Gasteiger partial charge in [0.2, 0.25) is 0 Å². The van der Waals surface area contributed by atoms with E-state index in [1.165, 1.54) is 0 Å². The summed E-state index contributed by atoms with van der Waals surface area (Å²) in [4.78, 5) is 21.9. The van der Waals surface area contributed by atoms with Crippen molar-refractivity contribution in [2.75, 3.05) is 0 Å². The quantitative estimate of drug-likeness (QED) is 0.490. The zero-order chi connectivity index (χ0) is 12.6. The van der Waals surface area contributed by atoms with Crippen LogP contribution in [0.3, 0.4) is 0 Å². The maximum atomic E-state index is 10.9. The molecule has 0 aromatic carbocycles. The number of aliphatic carboxylic acids is 2. The second-order valence-electron chi connectivity index (χ2n) is 5.80. The van der Waals surface area contributed by atoms with Gasteiger partial charge in [0.05, 0.1) is 11.9 Å². The van der Waals surface area contributed by atoms with Crippen molar-refractivity contribution in [3.05, 3.63) is 0 Å². The summed E-state index contributed by atoms with van der Waals surface area (Å²) >= 11 is 0. The number of carbonyl (C=O) groups excluding carboxylic acids is 2. The van der Waals surface area contributed by atoms with E-state index < -0.39 is 17.4 Å². The molecule has 1 fully saturated rings. The molecule has 0 saturated heterocycles. The molecule has 1 aliphatic rings. The summed E-state index contributed by atoms with van der Waals surface area (Å²) in [6, 6.07) is 0. The van der Waals surface area contributed by atoms with E-state index in [-0.39, 0.29) is 56.0 Å². The van der Waals surface area contributed by atoms with Gasteiger partial charge in [0.15, 0.2) is 0 Å². The SMILES string of the molecule is CC(C)(C)C1CCC(C(=O)[O-])(C(=O)[O-])CC1.[Ca+2]. The molecule has 1 saturated carbocycles. The standard InChI is InChI=1S/C12H20O4.Ca/c1-11(2,3)8-4-6-12(7-5-8,9(13)14)10(15)16;/h8H,4-7H2,1-3H3,(H,13,14)(H,15,16);/q;+2/p-2. The van der Waals surface area contributed by atoms with Crippen LogP contribution in [0.2, 0.25) is 0 Å². The molecule has 1 rings (SSSR count). The predicted octanol–water partition coefficient (Wildman–Crippen LogP) is -0.672. The van der Waals surface area contributed by atoms with Crippen LogP contribution in [-0.2, 0) is 9.59 Å². The van der Waals surface area contributed by atoms with Gasteiger partial charge in [0.1, 0.15) is 0 Å². The first-order valence-corrected chi connectivity index (χ1v) is 5.63. The molecule has 5 heteroatoms. The Balaban J connectivity index is 0.00000256. The molecule has 0 aromatic rings. The summed E-state index contributed by atoms with van der Waals surface area (Å²) in [6.45, 7) is 6.26. The minimum atomic E-state index is -1.76. The van der Waals surface area contributed by atoms with Crippen molar-refractivity contribution in [3.8, 4) is 0 Å². The van der Waals surface area contributed by atoms with Crippen molar-refractivity contribution in [3.63, 3.8) is 0 Å². The van der Waals surface area contributed by atoms with E-state index in [0.29, 0.717) is 18.8 Å². The number of carboxylic acids is 2. The summed E-state index contributed by atoms with van der Waals surface area (Å²) < 4.78 is 0. The fraction of sp³-hybridized carbons (Fsp3) is 0.833. The van der Waals surface area contributed by atoms with Gasteiger partial charge in [-0.05, 0) is 37.0 Å². The van der Waals surface area contributed by atoms with Crippen molar-refractivity contribution >= 4 is 49.7 Å². The first-order valence-electron chi connectivity index (χ1n) is 5.63. The van der Waals surface area contributed by atoms with Gasteiger partial charge in [-0.2, -0.15) is 0 Å². The van der Waals surface area contributed by atoms with Crippen molar-refractivity contribution in [1.82, 2.24) is 0 Å². The Morgan fingerprint density at radius 1 is 1.06 bits per heavy atom. The van der Waals surface area contributed by atoms with E-state index in [0.717, 1.165) is 0 Å². The molecule has 0 heterocycles. The van der Waals surface area contributed by atoms with Crippen molar-refractivity contribution < 1.29 is 19.8 Å². The first-order chi connectivity index (χ1) is 7.20. The molecule has 0 atom stereocenters. The Hall–Kier alpha value is 0.200. The smallest absolute Gasteiger partial charge is 0.549 e. The second kappa shape index (κ2) is 5.89. The van der Waals surface area contributed by atoms with Gasteiger partial charge in [0.25, 0.3) is 0 Å². The predicted molar refractivity (Wildman–Crippen MR) is 59.6 cm³/mol. The molecule has 17 heavy (non-hydrogen) atoms. The van der Waals surface area contributed by atoms with E-state index in [2.05, 4.69) is 20.8 Å². The molecule has 0 amide bonds. The van der Waals surface area contributed by atoms with Crippen LogP contribution in [0.15, 0.2) is 0 Å². The fourth-order valence-electron chi connectivity index (χ4n) is 2.47. The summed E-state index contributed by atoms with van der Waals surface area (Å²) in [5.41, 5.74) is -1.67. The molecular formula is C12H18CaO4. The summed E-state index contributed by atoms with van der Waals surface area (Å²) in [5, 5.41) is 21.9. The number of carboxylic acid groups (broad SMARTS) is 2. The molecular weight excluding hydrogens is 248 g/mol. The molecule has 4 nitrogen and oxygen atoms in total. The molecule has 0 aromatic heterocycles. The monoisotopic (exact) mass is 266 g/mol. The van der Waals surface area contributed by atoms with Crippen LogP contribution < -0.4 is 10.2 Å². The number of hydrogen-bond donors (Lipinski definition) is 0. The Kier molecular flexibility index (Phi) is 5.96. The minimum absolute atomic E-state index is 0. The third-order valence-electron chi connectivity index (χ3n) is 3.85. The average Bonchev–Trinajstić information content (AvgIpc) is 2.15. The summed E-state index contributed by atoms with van der Waals surface area (Å²) in [5.74, 6) is -2.64. The maximum Gasteiger partial charge on any atom is 2.00 e. The molecule has 92 valence electrons. The zero-order valence-corrected chi connectivity index (χ0v) is 13.0. The Labute approximate surface area is 132 Å². The first kappa shape index (κ1) is 17.2. The Morgan fingerprint density at radius 3 is 1.65 bits per heavy atom. The number of carbonyl (C=O) groups is 2. The van der Waals surface area contributed by atoms with Gasteiger partial charge in [-0.3, -0.25) is 0 Å². The van der Waals surface area contributed by atoms with Gasteiger partial charge in [0, 0.05) is 5.41 Å². The van der Waals surface area contributed by atoms with Gasteiger partial charge in [-0.25, -0.2) is 0 Å². The molecule has 0 unspecified atom stereocenters. The van der Waals surface area contributed by atoms with Crippen molar-refractivity contribution in [2.45, 2.75) is 46.5 Å². The van der Waals surface area contributed by atoms with Crippen LogP contribution in [0, 0.1) is 16.7 Å². The van der Waals surface area contributed by atoms with E-state index in [9.17, 15) is 19.8 Å². The molecule has 0 N–H and O–H groups in total. The third kappa shape index (κ3) is 3.58. The van der Waals surface area contributed by atoms with E-state index in [1.54, 1.807) is 0 Å². The van der Waals surface area contributed by atoms with Crippen LogP contribution in [0.25, 0.3) is 0 Å². The fourth-order valence-corrected chi connectivity index (χ4v) is 2.47. The van der Waals surface area contributed by atoms with E-state index in [4.69, 9.17) is 0 Å².